The van der Waals surface area contributed by atoms with Crippen LogP contribution < -0.4 is 5.73 Å². The molecular formula is C23H45NO2. The highest BCUT2D eigenvalue weighted by atomic mass is 16.3. The minimum Gasteiger partial charge on any atom is -0.396 e. The Morgan fingerprint density at radius 3 is 1.65 bits per heavy atom. The van der Waals surface area contributed by atoms with Gasteiger partial charge in [-0.2, -0.15) is 0 Å². The molecule has 3 heteroatoms. The maximum absolute atomic E-state index is 10.6. The van der Waals surface area contributed by atoms with E-state index in [1.54, 1.807) is 0 Å². The van der Waals surface area contributed by atoms with Gasteiger partial charge in [0.05, 0.1) is 0 Å². The summed E-state index contributed by atoms with van der Waals surface area (Å²) >= 11 is 0. The van der Waals surface area contributed by atoms with Gasteiger partial charge in [-0.25, -0.2) is 0 Å². The van der Waals surface area contributed by atoms with E-state index in [1.165, 1.54) is 89.9 Å². The molecule has 0 aromatic carbocycles. The molecule has 0 aliphatic heterocycles. The number of aliphatic hydroxyl groups excluding tert-OH is 1. The molecule has 3 nitrogen and oxygen atoms in total. The molecule has 0 fully saturated rings. The number of primary amides is 1. The number of amides is 1. The molecule has 0 bridgehead atoms. The van der Waals surface area contributed by atoms with Gasteiger partial charge in [0.2, 0.25) is 5.91 Å². The van der Waals surface area contributed by atoms with Crippen LogP contribution in [0.2, 0.25) is 0 Å². The Balaban J connectivity index is 3.11. The summed E-state index contributed by atoms with van der Waals surface area (Å²) in [7, 11) is 0. The Morgan fingerprint density at radius 2 is 1.19 bits per heavy atom. The van der Waals surface area contributed by atoms with Crippen molar-refractivity contribution in [2.24, 2.45) is 11.7 Å². The van der Waals surface area contributed by atoms with Gasteiger partial charge >= 0.3 is 0 Å². The van der Waals surface area contributed by atoms with Crippen molar-refractivity contribution in [2.45, 2.75) is 116 Å². The summed E-state index contributed by atoms with van der Waals surface area (Å²) in [6.07, 6.45) is 25.5. The molecule has 0 heterocycles. The molecule has 0 rings (SSSR count). The van der Waals surface area contributed by atoms with Crippen molar-refractivity contribution in [1.29, 1.82) is 0 Å². The van der Waals surface area contributed by atoms with Crippen molar-refractivity contribution in [2.75, 3.05) is 6.61 Å². The molecule has 1 amide bonds. The first kappa shape index (κ1) is 25.2. The van der Waals surface area contributed by atoms with Gasteiger partial charge in [0.1, 0.15) is 0 Å². The van der Waals surface area contributed by atoms with E-state index >= 15 is 0 Å². The molecule has 0 aromatic heterocycles. The normalized spacial score (nSPS) is 12.7. The lowest BCUT2D eigenvalue weighted by Gasteiger charge is -2.06. The summed E-state index contributed by atoms with van der Waals surface area (Å²) in [5.74, 6) is 0.311. The van der Waals surface area contributed by atoms with Gasteiger partial charge in [-0.3, -0.25) is 4.79 Å². The highest BCUT2D eigenvalue weighted by molar-refractivity contribution is 5.73. The molecule has 154 valence electrons. The molecule has 0 saturated heterocycles. The van der Waals surface area contributed by atoms with Crippen molar-refractivity contribution in [3.05, 3.63) is 12.2 Å². The smallest absolute Gasteiger partial charge is 0.217 e. The highest BCUT2D eigenvalue weighted by Gasteiger charge is 1.99. The van der Waals surface area contributed by atoms with E-state index in [0.29, 0.717) is 18.9 Å². The number of carbonyl (C=O) groups is 1. The zero-order chi connectivity index (χ0) is 19.3. The Labute approximate surface area is 162 Å². The van der Waals surface area contributed by atoms with Gasteiger partial charge in [-0.1, -0.05) is 83.3 Å². The minimum absolute atomic E-state index is 0.172. The molecule has 0 spiro atoms. The predicted octanol–water partition coefficient (Wildman–Crippen LogP) is 6.29. The molecular weight excluding hydrogens is 322 g/mol. The van der Waals surface area contributed by atoms with Crippen molar-refractivity contribution in [1.82, 2.24) is 0 Å². The van der Waals surface area contributed by atoms with Gasteiger partial charge in [0, 0.05) is 13.0 Å². The molecule has 1 unspecified atom stereocenters. The number of rotatable bonds is 20. The maximum atomic E-state index is 10.6. The van der Waals surface area contributed by atoms with Crippen LogP contribution in [-0.4, -0.2) is 17.6 Å². The van der Waals surface area contributed by atoms with Crippen molar-refractivity contribution < 1.29 is 9.90 Å². The van der Waals surface area contributed by atoms with Gasteiger partial charge in [0.25, 0.3) is 0 Å². The molecule has 1 atom stereocenters. The van der Waals surface area contributed by atoms with E-state index < -0.39 is 0 Å². The molecule has 0 aliphatic rings. The summed E-state index contributed by atoms with van der Waals surface area (Å²) in [6.45, 7) is 2.47. The number of aliphatic hydroxyl groups is 1. The lowest BCUT2D eigenvalue weighted by molar-refractivity contribution is -0.118. The molecule has 0 aromatic rings. The van der Waals surface area contributed by atoms with Gasteiger partial charge in [0.15, 0.2) is 0 Å². The first-order chi connectivity index (χ1) is 12.7. The second kappa shape index (κ2) is 20.5. The molecule has 26 heavy (non-hydrogen) atoms. The number of unbranched alkanes of at least 4 members (excludes halogenated alkanes) is 13. The zero-order valence-electron chi connectivity index (χ0n) is 17.4. The van der Waals surface area contributed by atoms with Crippen LogP contribution in [0.1, 0.15) is 116 Å². The SMILES string of the molecule is CC(CO)CCCCCCCCCCC/C=C\CCCCCCC(N)=O. The van der Waals surface area contributed by atoms with Crippen LogP contribution in [0.15, 0.2) is 12.2 Å². The fourth-order valence-electron chi connectivity index (χ4n) is 3.23. The third-order valence-electron chi connectivity index (χ3n) is 5.09. The summed E-state index contributed by atoms with van der Waals surface area (Å²) in [6, 6.07) is 0. The standard InChI is InChI=1S/C23H45NO2/c1-22(21-25)19-17-15-13-11-9-7-5-3-2-4-6-8-10-12-14-16-18-20-23(24)26/h6,8,22,25H,2-5,7,9-21H2,1H3,(H2,24,26)/b8-6-. The van der Waals surface area contributed by atoms with E-state index in [9.17, 15) is 4.79 Å². The first-order valence-electron chi connectivity index (χ1n) is 11.2. The van der Waals surface area contributed by atoms with Crippen molar-refractivity contribution in [3.8, 4) is 0 Å². The van der Waals surface area contributed by atoms with E-state index in [1.807, 2.05) is 0 Å². The topological polar surface area (TPSA) is 63.3 Å². The second-order valence-corrected chi connectivity index (χ2v) is 7.94. The average Bonchev–Trinajstić information content (AvgIpc) is 2.63. The van der Waals surface area contributed by atoms with E-state index in [2.05, 4.69) is 19.1 Å². The van der Waals surface area contributed by atoms with Crippen LogP contribution in [0.5, 0.6) is 0 Å². The lowest BCUT2D eigenvalue weighted by Crippen LogP contribution is -2.09. The third-order valence-corrected chi connectivity index (χ3v) is 5.09. The lowest BCUT2D eigenvalue weighted by atomic mass is 10.0. The fraction of sp³-hybridized carbons (Fsp3) is 0.870. The quantitative estimate of drug-likeness (QED) is 0.196. The van der Waals surface area contributed by atoms with Gasteiger partial charge in [-0.15, -0.1) is 0 Å². The summed E-state index contributed by atoms with van der Waals surface area (Å²) in [4.78, 5) is 10.6. The largest absolute Gasteiger partial charge is 0.396 e. The van der Waals surface area contributed by atoms with Crippen molar-refractivity contribution >= 4 is 5.91 Å². The number of carbonyl (C=O) groups excluding carboxylic acids is 1. The number of allylic oxidation sites excluding steroid dienone is 2. The van der Waals surface area contributed by atoms with E-state index in [-0.39, 0.29) is 5.91 Å². The Bertz CT molecular complexity index is 328. The zero-order valence-corrected chi connectivity index (χ0v) is 17.4. The van der Waals surface area contributed by atoms with Crippen LogP contribution in [-0.2, 0) is 4.79 Å². The number of nitrogens with two attached hydrogens (primary N) is 1. The minimum atomic E-state index is -0.172. The molecule has 0 aliphatic carbocycles. The van der Waals surface area contributed by atoms with Gasteiger partial charge < -0.3 is 10.8 Å². The van der Waals surface area contributed by atoms with E-state index in [0.717, 1.165) is 12.8 Å². The third kappa shape index (κ3) is 21.2. The average molecular weight is 368 g/mol. The monoisotopic (exact) mass is 367 g/mol. The maximum Gasteiger partial charge on any atom is 0.217 e. The second-order valence-electron chi connectivity index (χ2n) is 7.94. The van der Waals surface area contributed by atoms with Crippen LogP contribution in [0.25, 0.3) is 0 Å². The fourth-order valence-corrected chi connectivity index (χ4v) is 3.23. The van der Waals surface area contributed by atoms with Gasteiger partial charge in [-0.05, 0) is 44.4 Å². The Kier molecular flexibility index (Phi) is 19.8. The summed E-state index contributed by atoms with van der Waals surface area (Å²) < 4.78 is 0. The Hall–Kier alpha value is -0.830. The molecule has 0 saturated carbocycles. The molecule has 3 N–H and O–H groups in total. The Morgan fingerprint density at radius 1 is 0.769 bits per heavy atom. The number of hydrogen-bond donors (Lipinski definition) is 2. The van der Waals surface area contributed by atoms with E-state index in [4.69, 9.17) is 10.8 Å². The van der Waals surface area contributed by atoms with Crippen LogP contribution in [0.4, 0.5) is 0 Å². The number of hydrogen-bond acceptors (Lipinski definition) is 2. The van der Waals surface area contributed by atoms with Crippen LogP contribution >= 0.6 is 0 Å². The summed E-state index contributed by atoms with van der Waals surface area (Å²) in [5, 5.41) is 8.98. The predicted molar refractivity (Wildman–Crippen MR) is 113 cm³/mol. The first-order valence-corrected chi connectivity index (χ1v) is 11.2. The summed E-state index contributed by atoms with van der Waals surface area (Å²) in [5.41, 5.74) is 5.12. The molecule has 0 radical (unpaired) electrons. The van der Waals surface area contributed by atoms with Crippen LogP contribution in [0, 0.1) is 5.92 Å². The highest BCUT2D eigenvalue weighted by Crippen LogP contribution is 2.14. The van der Waals surface area contributed by atoms with Crippen LogP contribution in [0.3, 0.4) is 0 Å². The van der Waals surface area contributed by atoms with Crippen molar-refractivity contribution in [3.63, 3.8) is 0 Å².